The van der Waals surface area contributed by atoms with Crippen LogP contribution in [0.25, 0.3) is 0 Å². The Hall–Kier alpha value is -0.730. The molecule has 0 unspecified atom stereocenters. The molecule has 0 aliphatic carbocycles. The maximum atomic E-state index is 6.15. The van der Waals surface area contributed by atoms with E-state index >= 15 is 0 Å². The summed E-state index contributed by atoms with van der Waals surface area (Å²) >= 11 is 6.15. The van der Waals surface area contributed by atoms with Crippen LogP contribution in [-0.4, -0.2) is 13.2 Å². The summed E-state index contributed by atoms with van der Waals surface area (Å²) in [4.78, 5) is 0. The zero-order chi connectivity index (χ0) is 13.9. The monoisotopic (exact) mass is 283 g/mol. The van der Waals surface area contributed by atoms with Gasteiger partial charge >= 0.3 is 0 Å². The van der Waals surface area contributed by atoms with Crippen LogP contribution in [0.3, 0.4) is 0 Å². The van der Waals surface area contributed by atoms with E-state index in [1.807, 2.05) is 19.1 Å². The molecule has 0 saturated carbocycles. The first-order chi connectivity index (χ1) is 9.27. The van der Waals surface area contributed by atoms with Gasteiger partial charge in [-0.2, -0.15) is 0 Å². The van der Waals surface area contributed by atoms with Crippen molar-refractivity contribution < 1.29 is 4.74 Å². The van der Waals surface area contributed by atoms with Gasteiger partial charge in [0.15, 0.2) is 0 Å². The molecular formula is C16H26ClNO. The second kappa shape index (κ2) is 10.1. The number of nitrogens with one attached hydrogen (secondary N) is 1. The standard InChI is InChI=1S/C16H26ClNO/c1-3-5-6-7-8-11-18-13-14-9-10-16(19-4-2)15(17)12-14/h9-10,12,18H,3-8,11,13H2,1-2H3. The molecule has 0 aliphatic heterocycles. The Bertz CT molecular complexity index is 355. The summed E-state index contributed by atoms with van der Waals surface area (Å²) in [5.74, 6) is 0.771. The molecule has 0 saturated heterocycles. The Balaban J connectivity index is 2.20. The lowest BCUT2D eigenvalue weighted by molar-refractivity contribution is 0.340. The average molecular weight is 284 g/mol. The molecule has 0 spiro atoms. The van der Waals surface area contributed by atoms with Crippen LogP contribution in [0.5, 0.6) is 5.75 Å². The second-order valence-electron chi connectivity index (χ2n) is 4.79. The number of hydrogen-bond acceptors (Lipinski definition) is 2. The highest BCUT2D eigenvalue weighted by Gasteiger charge is 2.02. The van der Waals surface area contributed by atoms with Crippen molar-refractivity contribution in [3.63, 3.8) is 0 Å². The van der Waals surface area contributed by atoms with Crippen LogP contribution < -0.4 is 10.1 Å². The highest BCUT2D eigenvalue weighted by Crippen LogP contribution is 2.25. The van der Waals surface area contributed by atoms with Crippen molar-refractivity contribution in [2.24, 2.45) is 0 Å². The van der Waals surface area contributed by atoms with Gasteiger partial charge in [0.05, 0.1) is 11.6 Å². The van der Waals surface area contributed by atoms with E-state index in [0.29, 0.717) is 11.6 Å². The minimum atomic E-state index is 0.648. The third-order valence-electron chi connectivity index (χ3n) is 3.08. The van der Waals surface area contributed by atoms with Crippen LogP contribution in [-0.2, 0) is 6.54 Å². The lowest BCUT2D eigenvalue weighted by Gasteiger charge is -2.09. The van der Waals surface area contributed by atoms with E-state index in [1.165, 1.54) is 37.7 Å². The van der Waals surface area contributed by atoms with Gasteiger partial charge in [0, 0.05) is 6.54 Å². The van der Waals surface area contributed by atoms with Gasteiger partial charge in [0.1, 0.15) is 5.75 Å². The first-order valence-electron chi connectivity index (χ1n) is 7.39. The third kappa shape index (κ3) is 6.84. The second-order valence-corrected chi connectivity index (χ2v) is 5.20. The molecule has 0 amide bonds. The molecule has 0 aliphatic rings. The highest BCUT2D eigenvalue weighted by atomic mass is 35.5. The number of ether oxygens (including phenoxy) is 1. The van der Waals surface area contributed by atoms with Gasteiger partial charge in [-0.15, -0.1) is 0 Å². The SMILES string of the molecule is CCCCCCCNCc1ccc(OCC)c(Cl)c1. The molecule has 0 atom stereocenters. The number of benzene rings is 1. The molecule has 3 heteroatoms. The Labute approximate surface area is 122 Å². The van der Waals surface area contributed by atoms with E-state index in [4.69, 9.17) is 16.3 Å². The van der Waals surface area contributed by atoms with Gasteiger partial charge in [-0.05, 0) is 37.6 Å². The summed E-state index contributed by atoms with van der Waals surface area (Å²) in [6.07, 6.45) is 6.59. The van der Waals surface area contributed by atoms with Gasteiger partial charge < -0.3 is 10.1 Å². The maximum absolute atomic E-state index is 6.15. The molecule has 108 valence electrons. The molecule has 0 bridgehead atoms. The summed E-state index contributed by atoms with van der Waals surface area (Å²) in [6, 6.07) is 6.00. The molecule has 0 aromatic heterocycles. The van der Waals surface area contributed by atoms with Crippen molar-refractivity contribution in [3.05, 3.63) is 28.8 Å². The zero-order valence-corrected chi connectivity index (χ0v) is 12.9. The summed E-state index contributed by atoms with van der Waals surface area (Å²) in [5, 5.41) is 4.16. The number of rotatable bonds is 10. The maximum Gasteiger partial charge on any atom is 0.137 e. The van der Waals surface area contributed by atoms with Crippen LogP contribution >= 0.6 is 11.6 Å². The van der Waals surface area contributed by atoms with Gasteiger partial charge in [-0.1, -0.05) is 50.3 Å². The van der Waals surface area contributed by atoms with Crippen molar-refractivity contribution in [2.75, 3.05) is 13.2 Å². The van der Waals surface area contributed by atoms with Gasteiger partial charge in [-0.25, -0.2) is 0 Å². The number of hydrogen-bond donors (Lipinski definition) is 1. The van der Waals surface area contributed by atoms with Crippen molar-refractivity contribution in [3.8, 4) is 5.75 Å². The quantitative estimate of drug-likeness (QED) is 0.623. The van der Waals surface area contributed by atoms with Gasteiger partial charge in [0.25, 0.3) is 0 Å². The fourth-order valence-corrected chi connectivity index (χ4v) is 2.27. The molecule has 1 aromatic rings. The van der Waals surface area contributed by atoms with Crippen LogP contribution in [0.15, 0.2) is 18.2 Å². The molecule has 0 fully saturated rings. The summed E-state index contributed by atoms with van der Waals surface area (Å²) in [7, 11) is 0. The smallest absolute Gasteiger partial charge is 0.137 e. The van der Waals surface area contributed by atoms with E-state index in [2.05, 4.69) is 18.3 Å². The number of halogens is 1. The van der Waals surface area contributed by atoms with Crippen LogP contribution in [0.1, 0.15) is 51.5 Å². The fourth-order valence-electron chi connectivity index (χ4n) is 2.01. The summed E-state index contributed by atoms with van der Waals surface area (Å²) in [5.41, 5.74) is 1.21. The predicted octanol–water partition coefficient (Wildman–Crippen LogP) is 4.80. The van der Waals surface area contributed by atoms with E-state index in [9.17, 15) is 0 Å². The summed E-state index contributed by atoms with van der Waals surface area (Å²) < 4.78 is 5.42. The average Bonchev–Trinajstić information content (AvgIpc) is 2.41. The summed E-state index contributed by atoms with van der Waals surface area (Å²) in [6.45, 7) is 6.81. The lowest BCUT2D eigenvalue weighted by atomic mass is 10.1. The minimum Gasteiger partial charge on any atom is -0.492 e. The molecule has 1 N–H and O–H groups in total. The first kappa shape index (κ1) is 16.3. The third-order valence-corrected chi connectivity index (χ3v) is 3.38. The molecule has 0 radical (unpaired) electrons. The largest absolute Gasteiger partial charge is 0.492 e. The molecule has 1 rings (SSSR count). The van der Waals surface area contributed by atoms with Gasteiger partial charge in [0.2, 0.25) is 0 Å². The van der Waals surface area contributed by atoms with Crippen LogP contribution in [0.2, 0.25) is 5.02 Å². The van der Waals surface area contributed by atoms with Gasteiger partial charge in [-0.3, -0.25) is 0 Å². The zero-order valence-electron chi connectivity index (χ0n) is 12.2. The molecule has 19 heavy (non-hydrogen) atoms. The Morgan fingerprint density at radius 1 is 1.11 bits per heavy atom. The topological polar surface area (TPSA) is 21.3 Å². The van der Waals surface area contributed by atoms with Crippen LogP contribution in [0, 0.1) is 0 Å². The normalized spacial score (nSPS) is 10.7. The van der Waals surface area contributed by atoms with E-state index in [0.717, 1.165) is 18.8 Å². The number of unbranched alkanes of at least 4 members (excludes halogenated alkanes) is 4. The van der Waals surface area contributed by atoms with E-state index in [1.54, 1.807) is 0 Å². The molecular weight excluding hydrogens is 258 g/mol. The first-order valence-corrected chi connectivity index (χ1v) is 7.77. The Morgan fingerprint density at radius 2 is 1.89 bits per heavy atom. The molecule has 0 heterocycles. The fraction of sp³-hybridized carbons (Fsp3) is 0.625. The molecule has 2 nitrogen and oxygen atoms in total. The van der Waals surface area contributed by atoms with Crippen molar-refractivity contribution >= 4 is 11.6 Å². The van der Waals surface area contributed by atoms with Crippen molar-refractivity contribution in [2.45, 2.75) is 52.5 Å². The van der Waals surface area contributed by atoms with E-state index < -0.39 is 0 Å². The molecule has 1 aromatic carbocycles. The Kier molecular flexibility index (Phi) is 8.68. The Morgan fingerprint density at radius 3 is 2.58 bits per heavy atom. The highest BCUT2D eigenvalue weighted by molar-refractivity contribution is 6.32. The van der Waals surface area contributed by atoms with Crippen LogP contribution in [0.4, 0.5) is 0 Å². The predicted molar refractivity (Wildman–Crippen MR) is 83.1 cm³/mol. The van der Waals surface area contributed by atoms with E-state index in [-0.39, 0.29) is 0 Å². The van der Waals surface area contributed by atoms with Crippen molar-refractivity contribution in [1.29, 1.82) is 0 Å². The lowest BCUT2D eigenvalue weighted by Crippen LogP contribution is -2.14. The minimum absolute atomic E-state index is 0.648. The van der Waals surface area contributed by atoms with Crippen molar-refractivity contribution in [1.82, 2.24) is 5.32 Å².